The van der Waals surface area contributed by atoms with Crippen LogP contribution in [0.2, 0.25) is 0 Å². The molecule has 0 aliphatic carbocycles. The van der Waals surface area contributed by atoms with Crippen molar-refractivity contribution >= 4 is 10.9 Å². The van der Waals surface area contributed by atoms with Crippen molar-refractivity contribution in [1.29, 1.82) is 0 Å². The number of hydrogen-bond acceptors (Lipinski definition) is 3. The Bertz CT molecular complexity index is 1030. The van der Waals surface area contributed by atoms with Crippen molar-refractivity contribution < 1.29 is 13.2 Å². The summed E-state index contributed by atoms with van der Waals surface area (Å²) in [5, 5.41) is 0.0376. The summed E-state index contributed by atoms with van der Waals surface area (Å²) < 4.78 is 39.7. The van der Waals surface area contributed by atoms with Crippen molar-refractivity contribution in [2.45, 2.75) is 32.4 Å². The number of nitrogen functional groups attached to an aromatic ring is 1. The molecule has 0 radical (unpaired) electrons. The highest BCUT2D eigenvalue weighted by Gasteiger charge is 2.31. The number of nitrogens with two attached hydrogens (primary N) is 1. The fraction of sp³-hybridized carbons (Fsp3) is 0.263. The topological polar surface area (TPSA) is 60.9 Å². The lowest BCUT2D eigenvalue weighted by Crippen LogP contribution is -2.30. The van der Waals surface area contributed by atoms with Crippen molar-refractivity contribution in [3.05, 3.63) is 63.9 Å². The molecule has 0 fully saturated rings. The van der Waals surface area contributed by atoms with E-state index in [1.54, 1.807) is 12.1 Å². The van der Waals surface area contributed by atoms with Crippen LogP contribution in [0.3, 0.4) is 0 Å². The molecule has 0 amide bonds. The number of aromatic nitrogens is 2. The molecule has 136 valence electrons. The van der Waals surface area contributed by atoms with E-state index in [0.29, 0.717) is 5.56 Å². The van der Waals surface area contributed by atoms with Crippen LogP contribution in [0.5, 0.6) is 0 Å². The van der Waals surface area contributed by atoms with Gasteiger partial charge in [-0.25, -0.2) is 9.66 Å². The minimum atomic E-state index is -4.51. The molecule has 3 aromatic rings. The molecule has 7 heteroatoms. The summed E-state index contributed by atoms with van der Waals surface area (Å²) in [4.78, 5) is 16.6. The smallest absolute Gasteiger partial charge is 0.334 e. The van der Waals surface area contributed by atoms with Crippen LogP contribution in [0.15, 0.2) is 47.3 Å². The first-order valence-corrected chi connectivity index (χ1v) is 7.98. The fourth-order valence-electron chi connectivity index (χ4n) is 2.70. The molecule has 4 nitrogen and oxygen atoms in total. The maximum atomic E-state index is 12.9. The average molecular weight is 361 g/mol. The highest BCUT2D eigenvalue weighted by molar-refractivity contribution is 5.80. The number of hydrogen-bond donors (Lipinski definition) is 1. The average Bonchev–Trinajstić information content (AvgIpc) is 2.56. The van der Waals surface area contributed by atoms with Gasteiger partial charge in [-0.1, -0.05) is 45.0 Å². The molecule has 0 spiro atoms. The van der Waals surface area contributed by atoms with Crippen LogP contribution in [-0.4, -0.2) is 9.66 Å². The van der Waals surface area contributed by atoms with Crippen molar-refractivity contribution in [3.63, 3.8) is 0 Å². The van der Waals surface area contributed by atoms with E-state index in [1.165, 1.54) is 0 Å². The molecule has 2 aromatic carbocycles. The molecule has 0 atom stereocenters. The predicted molar refractivity (Wildman–Crippen MR) is 95.3 cm³/mol. The summed E-state index contributed by atoms with van der Waals surface area (Å²) in [5.74, 6) is 5.96. The van der Waals surface area contributed by atoms with Gasteiger partial charge in [0.1, 0.15) is 0 Å². The van der Waals surface area contributed by atoms with E-state index in [0.717, 1.165) is 28.4 Å². The Hall–Kier alpha value is -2.83. The molecule has 0 aliphatic heterocycles. The van der Waals surface area contributed by atoms with Gasteiger partial charge in [-0.15, -0.1) is 0 Å². The number of alkyl halides is 3. The fourth-order valence-corrected chi connectivity index (χ4v) is 2.70. The van der Waals surface area contributed by atoms with Crippen LogP contribution in [0.25, 0.3) is 22.3 Å². The SMILES string of the molecule is CC(C)(C)c1ccc(-c2nc3cc(C(F)(F)F)ccc3c(=O)n2N)cc1. The Morgan fingerprint density at radius 1 is 0.962 bits per heavy atom. The molecule has 26 heavy (non-hydrogen) atoms. The van der Waals surface area contributed by atoms with Gasteiger partial charge in [-0.2, -0.15) is 13.2 Å². The van der Waals surface area contributed by atoms with Gasteiger partial charge in [-0.05, 0) is 29.2 Å². The third kappa shape index (κ3) is 3.16. The molecule has 0 saturated heterocycles. The van der Waals surface area contributed by atoms with E-state index >= 15 is 0 Å². The second kappa shape index (κ2) is 5.86. The normalized spacial score (nSPS) is 12.5. The second-order valence-electron chi connectivity index (χ2n) is 7.17. The summed E-state index contributed by atoms with van der Waals surface area (Å²) in [7, 11) is 0. The lowest BCUT2D eigenvalue weighted by molar-refractivity contribution is -0.137. The number of halogens is 3. The zero-order chi connectivity index (χ0) is 19.3. The Balaban J connectivity index is 2.20. The first-order valence-electron chi connectivity index (χ1n) is 7.98. The van der Waals surface area contributed by atoms with Crippen molar-refractivity contribution in [3.8, 4) is 11.4 Å². The molecule has 0 unspecified atom stereocenters. The van der Waals surface area contributed by atoms with Crippen LogP contribution in [0.1, 0.15) is 31.9 Å². The largest absolute Gasteiger partial charge is 0.416 e. The van der Waals surface area contributed by atoms with Gasteiger partial charge in [0.2, 0.25) is 0 Å². The lowest BCUT2D eigenvalue weighted by atomic mass is 9.86. The molecular weight excluding hydrogens is 343 g/mol. The Morgan fingerprint density at radius 3 is 2.08 bits per heavy atom. The molecular formula is C19H18F3N3O. The molecule has 0 bridgehead atoms. The van der Waals surface area contributed by atoms with Gasteiger partial charge in [0.05, 0.1) is 16.5 Å². The van der Waals surface area contributed by atoms with Gasteiger partial charge in [0, 0.05) is 5.56 Å². The monoisotopic (exact) mass is 361 g/mol. The highest BCUT2D eigenvalue weighted by Crippen LogP contribution is 2.31. The molecule has 0 saturated carbocycles. The van der Waals surface area contributed by atoms with Crippen molar-refractivity contribution in [2.75, 3.05) is 5.84 Å². The third-order valence-corrected chi connectivity index (χ3v) is 4.24. The van der Waals surface area contributed by atoms with Gasteiger partial charge >= 0.3 is 6.18 Å². The van der Waals surface area contributed by atoms with E-state index in [2.05, 4.69) is 25.8 Å². The Morgan fingerprint density at radius 2 is 1.54 bits per heavy atom. The van der Waals surface area contributed by atoms with Crippen LogP contribution in [0, 0.1) is 0 Å². The van der Waals surface area contributed by atoms with Crippen LogP contribution < -0.4 is 11.4 Å². The second-order valence-corrected chi connectivity index (χ2v) is 7.17. The van der Waals surface area contributed by atoms with E-state index in [4.69, 9.17) is 5.84 Å². The van der Waals surface area contributed by atoms with Gasteiger partial charge in [-0.3, -0.25) is 4.79 Å². The molecule has 1 aromatic heterocycles. The molecule has 3 rings (SSSR count). The number of nitrogens with zero attached hydrogens (tertiary/aromatic N) is 2. The summed E-state index contributed by atoms with van der Waals surface area (Å²) in [6.07, 6.45) is -4.51. The molecule has 1 heterocycles. The maximum absolute atomic E-state index is 12.9. The summed E-state index contributed by atoms with van der Waals surface area (Å²) >= 11 is 0. The number of rotatable bonds is 1. The Labute approximate surface area is 148 Å². The standard InChI is InChI=1S/C19H18F3N3O/c1-18(2,3)12-6-4-11(5-7-12)16-24-15-10-13(19(20,21)22)8-9-14(15)17(26)25(16)23/h4-10H,23H2,1-3H3. The number of fused-ring (bicyclic) bond motifs is 1. The van der Waals surface area contributed by atoms with Crippen LogP contribution in [-0.2, 0) is 11.6 Å². The Kier molecular flexibility index (Phi) is 4.05. The summed E-state index contributed by atoms with van der Waals surface area (Å²) in [5.41, 5.74) is 0.0734. The minimum Gasteiger partial charge on any atom is -0.334 e. The van der Waals surface area contributed by atoms with E-state index in [-0.39, 0.29) is 22.1 Å². The highest BCUT2D eigenvalue weighted by atomic mass is 19.4. The van der Waals surface area contributed by atoms with Crippen LogP contribution in [0.4, 0.5) is 13.2 Å². The minimum absolute atomic E-state index is 0.0376. The lowest BCUT2D eigenvalue weighted by Gasteiger charge is -2.19. The van der Waals surface area contributed by atoms with Gasteiger partial charge in [0.25, 0.3) is 5.56 Å². The molecule has 0 aliphatic rings. The third-order valence-electron chi connectivity index (χ3n) is 4.24. The van der Waals surface area contributed by atoms with E-state index in [1.807, 2.05) is 12.1 Å². The van der Waals surface area contributed by atoms with Gasteiger partial charge in [0.15, 0.2) is 5.82 Å². The summed E-state index contributed by atoms with van der Waals surface area (Å²) in [6.45, 7) is 6.19. The van der Waals surface area contributed by atoms with Crippen LogP contribution >= 0.6 is 0 Å². The first-order chi connectivity index (χ1) is 12.0. The first kappa shape index (κ1) is 18.0. The summed E-state index contributed by atoms with van der Waals surface area (Å²) in [6, 6.07) is 10.1. The predicted octanol–water partition coefficient (Wildman–Crippen LogP) is 4.09. The van der Waals surface area contributed by atoms with E-state index < -0.39 is 17.3 Å². The van der Waals surface area contributed by atoms with Gasteiger partial charge < -0.3 is 5.84 Å². The zero-order valence-electron chi connectivity index (χ0n) is 14.6. The number of benzene rings is 2. The van der Waals surface area contributed by atoms with Crippen molar-refractivity contribution in [1.82, 2.24) is 9.66 Å². The maximum Gasteiger partial charge on any atom is 0.416 e. The van der Waals surface area contributed by atoms with Crippen molar-refractivity contribution in [2.24, 2.45) is 0 Å². The zero-order valence-corrected chi connectivity index (χ0v) is 14.6. The quantitative estimate of drug-likeness (QED) is 0.664. The molecule has 2 N–H and O–H groups in total. The van der Waals surface area contributed by atoms with E-state index in [9.17, 15) is 18.0 Å².